The number of hydrogen-bond acceptors (Lipinski definition) is 5. The molecule has 0 amide bonds. The van der Waals surface area contributed by atoms with Gasteiger partial charge in [-0.2, -0.15) is 10.2 Å². The lowest BCUT2D eigenvalue weighted by Crippen LogP contribution is -2.58. The molecule has 5 heteroatoms. The maximum atomic E-state index is 2.27. The Morgan fingerprint density at radius 1 is 0.524 bits per heavy atom. The zero-order valence-corrected chi connectivity index (χ0v) is 15.6. The first kappa shape index (κ1) is 20.8. The van der Waals surface area contributed by atoms with Gasteiger partial charge in [0.15, 0.2) is 0 Å². The molecule has 0 spiro atoms. The van der Waals surface area contributed by atoms with Crippen LogP contribution in [0.4, 0.5) is 0 Å². The van der Waals surface area contributed by atoms with Crippen molar-refractivity contribution in [1.82, 2.24) is 25.4 Å². The quantitative estimate of drug-likeness (QED) is 0.383. The van der Waals surface area contributed by atoms with Gasteiger partial charge in [0.1, 0.15) is 0 Å². The molecule has 0 bridgehead atoms. The fourth-order valence-corrected chi connectivity index (χ4v) is 2.28. The van der Waals surface area contributed by atoms with Crippen LogP contribution in [-0.4, -0.2) is 74.2 Å². The fraction of sp³-hybridized carbons (Fsp3) is 1.00. The average molecular weight is 302 g/mol. The maximum absolute atomic E-state index is 2.27. The van der Waals surface area contributed by atoms with Crippen LogP contribution in [0, 0.1) is 0 Å². The van der Waals surface area contributed by atoms with E-state index in [1.807, 2.05) is 0 Å². The third-order valence-electron chi connectivity index (χ3n) is 4.04. The van der Waals surface area contributed by atoms with Gasteiger partial charge in [0, 0.05) is 48.8 Å². The van der Waals surface area contributed by atoms with Crippen molar-refractivity contribution in [2.75, 3.05) is 48.8 Å². The SMILES string of the molecule is CCCCCCCCCCN(N(C)N(C)C)N(C)N(C)C. The minimum absolute atomic E-state index is 1.05. The first-order valence-electron chi connectivity index (χ1n) is 8.51. The van der Waals surface area contributed by atoms with E-state index in [1.165, 1.54) is 51.4 Å². The number of hydrogen-bond donors (Lipinski definition) is 0. The molecule has 0 aromatic rings. The number of rotatable bonds is 13. The highest BCUT2D eigenvalue weighted by atomic mass is 16.0. The van der Waals surface area contributed by atoms with E-state index in [2.05, 4.69) is 74.6 Å². The second kappa shape index (κ2) is 12.4. The summed E-state index contributed by atoms with van der Waals surface area (Å²) in [7, 11) is 12.5. The van der Waals surface area contributed by atoms with Crippen molar-refractivity contribution in [3.8, 4) is 0 Å². The van der Waals surface area contributed by atoms with E-state index in [0.29, 0.717) is 0 Å². The highest BCUT2D eigenvalue weighted by molar-refractivity contribution is 4.51. The summed E-state index contributed by atoms with van der Waals surface area (Å²) in [6.45, 7) is 3.33. The lowest BCUT2D eigenvalue weighted by Gasteiger charge is -2.43. The summed E-state index contributed by atoms with van der Waals surface area (Å²) >= 11 is 0. The van der Waals surface area contributed by atoms with Crippen LogP contribution in [0.15, 0.2) is 0 Å². The van der Waals surface area contributed by atoms with Crippen molar-refractivity contribution in [2.45, 2.75) is 58.3 Å². The largest absolute Gasteiger partial charge is 0.233 e. The Hall–Kier alpha value is -0.200. The summed E-state index contributed by atoms with van der Waals surface area (Å²) in [6, 6.07) is 0. The predicted octanol–water partition coefficient (Wildman–Crippen LogP) is 3.08. The second-order valence-corrected chi connectivity index (χ2v) is 6.24. The Morgan fingerprint density at radius 3 is 1.29 bits per heavy atom. The summed E-state index contributed by atoms with van der Waals surface area (Å²) in [4.78, 5) is 0. The molecule has 0 radical (unpaired) electrons. The normalized spacial score (nSPS) is 12.6. The fourth-order valence-electron chi connectivity index (χ4n) is 2.28. The Morgan fingerprint density at radius 2 is 0.905 bits per heavy atom. The molecule has 5 nitrogen and oxygen atoms in total. The summed E-state index contributed by atoms with van der Waals surface area (Å²) in [6.07, 6.45) is 10.9. The highest BCUT2D eigenvalue weighted by Gasteiger charge is 2.18. The number of nitrogens with zero attached hydrogens (tertiary/aromatic N) is 5. The predicted molar refractivity (Wildman–Crippen MR) is 92.2 cm³/mol. The summed E-state index contributed by atoms with van der Waals surface area (Å²) in [5.41, 5.74) is 0. The van der Waals surface area contributed by atoms with E-state index in [9.17, 15) is 0 Å². The Kier molecular flexibility index (Phi) is 12.2. The second-order valence-electron chi connectivity index (χ2n) is 6.24. The smallest absolute Gasteiger partial charge is 0.0320 e. The Bertz CT molecular complexity index is 219. The van der Waals surface area contributed by atoms with Crippen molar-refractivity contribution in [3.05, 3.63) is 0 Å². The zero-order chi connectivity index (χ0) is 16.3. The molecule has 0 rings (SSSR count). The number of hydrazine groups is 4. The van der Waals surface area contributed by atoms with Gasteiger partial charge in [-0.1, -0.05) is 51.9 Å². The van der Waals surface area contributed by atoms with Gasteiger partial charge in [-0.3, -0.25) is 0 Å². The van der Waals surface area contributed by atoms with Crippen molar-refractivity contribution < 1.29 is 0 Å². The van der Waals surface area contributed by atoms with E-state index in [1.54, 1.807) is 0 Å². The van der Waals surface area contributed by atoms with Gasteiger partial charge in [0.25, 0.3) is 0 Å². The molecular formula is C16H39N5. The maximum Gasteiger partial charge on any atom is 0.0320 e. The van der Waals surface area contributed by atoms with Crippen LogP contribution in [0.2, 0.25) is 0 Å². The van der Waals surface area contributed by atoms with Gasteiger partial charge >= 0.3 is 0 Å². The number of unbranched alkanes of at least 4 members (excludes halogenated alkanes) is 7. The van der Waals surface area contributed by atoms with E-state index in [4.69, 9.17) is 0 Å². The first-order chi connectivity index (χ1) is 9.91. The molecule has 0 N–H and O–H groups in total. The zero-order valence-electron chi connectivity index (χ0n) is 15.6. The van der Waals surface area contributed by atoms with Gasteiger partial charge in [0.05, 0.1) is 0 Å². The van der Waals surface area contributed by atoms with Crippen LogP contribution in [-0.2, 0) is 0 Å². The van der Waals surface area contributed by atoms with Crippen LogP contribution < -0.4 is 0 Å². The molecule has 0 fully saturated rings. The molecule has 0 aliphatic rings. The van der Waals surface area contributed by atoms with E-state index < -0.39 is 0 Å². The summed E-state index contributed by atoms with van der Waals surface area (Å²) in [5.74, 6) is 0. The minimum atomic E-state index is 1.05. The lowest BCUT2D eigenvalue weighted by atomic mass is 10.1. The average Bonchev–Trinajstić information content (AvgIpc) is 2.44. The molecule has 0 aromatic carbocycles. The van der Waals surface area contributed by atoms with Gasteiger partial charge in [0.2, 0.25) is 0 Å². The Labute approximate surface area is 133 Å². The molecule has 0 saturated carbocycles. The molecule has 0 aromatic heterocycles. The molecule has 0 unspecified atom stereocenters. The standard InChI is InChI=1S/C16H39N5/c1-8-9-10-11-12-13-14-15-16-21(19(6)17(2)3)20(7)18(4)5/h8-16H2,1-7H3. The topological polar surface area (TPSA) is 16.2 Å². The minimum Gasteiger partial charge on any atom is -0.233 e. The van der Waals surface area contributed by atoms with Crippen LogP contribution >= 0.6 is 0 Å². The molecule has 0 saturated heterocycles. The highest BCUT2D eigenvalue weighted by Crippen LogP contribution is 2.10. The molecule has 0 aliphatic carbocycles. The lowest BCUT2D eigenvalue weighted by molar-refractivity contribution is -0.298. The molecule has 0 aliphatic heterocycles. The monoisotopic (exact) mass is 301 g/mol. The molecule has 0 atom stereocenters. The van der Waals surface area contributed by atoms with Crippen molar-refractivity contribution in [1.29, 1.82) is 0 Å². The van der Waals surface area contributed by atoms with Gasteiger partial charge in [-0.25, -0.2) is 10.0 Å². The molecule has 21 heavy (non-hydrogen) atoms. The van der Waals surface area contributed by atoms with Gasteiger partial charge in [-0.15, -0.1) is 5.12 Å². The summed E-state index contributed by atoms with van der Waals surface area (Å²) < 4.78 is 0. The Balaban J connectivity index is 3.97. The third kappa shape index (κ3) is 9.42. The van der Waals surface area contributed by atoms with Crippen LogP contribution in [0.3, 0.4) is 0 Å². The molecular weight excluding hydrogens is 262 g/mol. The van der Waals surface area contributed by atoms with Gasteiger partial charge < -0.3 is 0 Å². The van der Waals surface area contributed by atoms with Crippen molar-refractivity contribution >= 4 is 0 Å². The van der Waals surface area contributed by atoms with Crippen LogP contribution in [0.1, 0.15) is 58.3 Å². The van der Waals surface area contributed by atoms with Crippen molar-refractivity contribution in [3.63, 3.8) is 0 Å². The van der Waals surface area contributed by atoms with Crippen LogP contribution in [0.5, 0.6) is 0 Å². The van der Waals surface area contributed by atoms with E-state index >= 15 is 0 Å². The van der Waals surface area contributed by atoms with E-state index in [-0.39, 0.29) is 0 Å². The van der Waals surface area contributed by atoms with Gasteiger partial charge in [-0.05, 0) is 6.42 Å². The van der Waals surface area contributed by atoms with Crippen LogP contribution in [0.25, 0.3) is 0 Å². The van der Waals surface area contributed by atoms with Crippen molar-refractivity contribution in [2.24, 2.45) is 0 Å². The molecule has 0 heterocycles. The van der Waals surface area contributed by atoms with E-state index in [0.717, 1.165) is 6.54 Å². The first-order valence-corrected chi connectivity index (χ1v) is 8.51. The molecule has 128 valence electrons. The third-order valence-corrected chi connectivity index (χ3v) is 4.04. The summed E-state index contributed by atoms with van der Waals surface area (Å²) in [5, 5.41) is 10.8.